The lowest BCUT2D eigenvalue weighted by molar-refractivity contribution is 0.663. The number of rotatable bonds is 0. The Balaban J connectivity index is 2.63. The Labute approximate surface area is 101 Å². The summed E-state index contributed by atoms with van der Waals surface area (Å²) < 4.78 is 7.07. The van der Waals surface area contributed by atoms with Crippen molar-refractivity contribution in [1.82, 2.24) is 0 Å². The average Bonchev–Trinajstić information content (AvgIpc) is 2.60. The van der Waals surface area contributed by atoms with E-state index in [2.05, 4.69) is 65.9 Å². The highest BCUT2D eigenvalue weighted by molar-refractivity contribution is 14.1. The fraction of sp³-hybridized carbons (Fsp3) is 0.0769. The van der Waals surface area contributed by atoms with Crippen molar-refractivity contribution in [3.05, 3.63) is 45.5 Å². The first-order chi connectivity index (χ1) is 7.27. The third-order valence-electron chi connectivity index (χ3n) is 2.67. The quantitative estimate of drug-likeness (QED) is 0.557. The Bertz CT molecular complexity index is 596. The van der Waals surface area contributed by atoms with Crippen LogP contribution in [0.15, 0.2) is 40.8 Å². The molecule has 0 saturated carbocycles. The SMILES string of the molecule is Cc1cccc2c1oc1c(I)cccc12. The summed E-state index contributed by atoms with van der Waals surface area (Å²) in [6.07, 6.45) is 0. The smallest absolute Gasteiger partial charge is 0.148 e. The number of halogens is 1. The van der Waals surface area contributed by atoms with E-state index in [0.29, 0.717) is 0 Å². The Morgan fingerprint density at radius 1 is 0.933 bits per heavy atom. The van der Waals surface area contributed by atoms with Crippen LogP contribution in [0.2, 0.25) is 0 Å². The van der Waals surface area contributed by atoms with Crippen LogP contribution >= 0.6 is 22.6 Å². The van der Waals surface area contributed by atoms with Gasteiger partial charge >= 0.3 is 0 Å². The van der Waals surface area contributed by atoms with Crippen molar-refractivity contribution in [2.75, 3.05) is 0 Å². The number of hydrogen-bond donors (Lipinski definition) is 0. The highest BCUT2D eigenvalue weighted by Gasteiger charge is 2.09. The van der Waals surface area contributed by atoms with Crippen LogP contribution in [-0.4, -0.2) is 0 Å². The summed E-state index contributed by atoms with van der Waals surface area (Å²) >= 11 is 2.31. The first kappa shape index (κ1) is 9.21. The summed E-state index contributed by atoms with van der Waals surface area (Å²) in [5, 5.41) is 2.42. The van der Waals surface area contributed by atoms with Gasteiger partial charge in [-0.15, -0.1) is 0 Å². The van der Waals surface area contributed by atoms with Gasteiger partial charge < -0.3 is 4.42 Å². The van der Waals surface area contributed by atoms with Crippen LogP contribution in [0, 0.1) is 10.5 Å². The van der Waals surface area contributed by atoms with Crippen molar-refractivity contribution in [3.63, 3.8) is 0 Å². The topological polar surface area (TPSA) is 13.1 Å². The van der Waals surface area contributed by atoms with E-state index in [4.69, 9.17) is 4.42 Å². The van der Waals surface area contributed by atoms with Gasteiger partial charge in [-0.2, -0.15) is 0 Å². The lowest BCUT2D eigenvalue weighted by Gasteiger charge is -1.91. The number of aryl methyl sites for hydroxylation is 1. The molecule has 1 nitrogen and oxygen atoms in total. The summed E-state index contributed by atoms with van der Waals surface area (Å²) in [6, 6.07) is 12.5. The van der Waals surface area contributed by atoms with Crippen LogP contribution in [-0.2, 0) is 0 Å². The van der Waals surface area contributed by atoms with E-state index in [1.54, 1.807) is 0 Å². The second-order valence-corrected chi connectivity index (χ2v) is 4.83. The van der Waals surface area contributed by atoms with Crippen molar-refractivity contribution < 1.29 is 4.42 Å². The largest absolute Gasteiger partial charge is 0.455 e. The third-order valence-corrected chi connectivity index (χ3v) is 3.52. The Morgan fingerprint density at radius 2 is 1.60 bits per heavy atom. The highest BCUT2D eigenvalue weighted by Crippen LogP contribution is 2.32. The zero-order valence-corrected chi connectivity index (χ0v) is 10.4. The van der Waals surface area contributed by atoms with Crippen LogP contribution in [0.25, 0.3) is 21.9 Å². The summed E-state index contributed by atoms with van der Waals surface area (Å²) in [5.74, 6) is 0. The average molecular weight is 308 g/mol. The van der Waals surface area contributed by atoms with E-state index < -0.39 is 0 Å². The molecule has 0 radical (unpaired) electrons. The predicted molar refractivity (Wildman–Crippen MR) is 71.2 cm³/mol. The molecular weight excluding hydrogens is 299 g/mol. The molecule has 1 heterocycles. The first-order valence-corrected chi connectivity index (χ1v) is 5.91. The lowest BCUT2D eigenvalue weighted by atomic mass is 10.1. The molecule has 0 atom stereocenters. The second kappa shape index (κ2) is 3.23. The van der Waals surface area contributed by atoms with Crippen LogP contribution < -0.4 is 0 Å². The maximum Gasteiger partial charge on any atom is 0.148 e. The molecule has 0 unspecified atom stereocenters. The molecule has 1 aromatic heterocycles. The van der Waals surface area contributed by atoms with Gasteiger partial charge in [0, 0.05) is 10.8 Å². The maximum absolute atomic E-state index is 5.91. The van der Waals surface area contributed by atoms with Gasteiger partial charge in [-0.05, 0) is 41.1 Å². The molecule has 0 saturated heterocycles. The second-order valence-electron chi connectivity index (χ2n) is 3.67. The minimum absolute atomic E-state index is 1.00. The fourth-order valence-electron chi connectivity index (χ4n) is 1.93. The summed E-state index contributed by atoms with van der Waals surface area (Å²) in [7, 11) is 0. The van der Waals surface area contributed by atoms with Crippen molar-refractivity contribution in [1.29, 1.82) is 0 Å². The molecule has 0 aliphatic rings. The highest BCUT2D eigenvalue weighted by atomic mass is 127. The Hall–Kier alpha value is -1.03. The molecule has 0 aliphatic heterocycles. The molecule has 74 valence electrons. The molecule has 3 rings (SSSR count). The molecule has 3 aromatic rings. The lowest BCUT2D eigenvalue weighted by Crippen LogP contribution is -1.71. The monoisotopic (exact) mass is 308 g/mol. The van der Waals surface area contributed by atoms with Crippen molar-refractivity contribution in [2.45, 2.75) is 6.92 Å². The van der Waals surface area contributed by atoms with Gasteiger partial charge in [-0.1, -0.05) is 30.3 Å². The van der Waals surface area contributed by atoms with Gasteiger partial charge in [0.15, 0.2) is 0 Å². The van der Waals surface area contributed by atoms with Gasteiger partial charge in [0.25, 0.3) is 0 Å². The molecule has 2 aromatic carbocycles. The van der Waals surface area contributed by atoms with Gasteiger partial charge in [0.1, 0.15) is 11.2 Å². The molecule has 0 fully saturated rings. The molecule has 15 heavy (non-hydrogen) atoms. The van der Waals surface area contributed by atoms with Crippen LogP contribution in [0.5, 0.6) is 0 Å². The van der Waals surface area contributed by atoms with Gasteiger partial charge in [0.2, 0.25) is 0 Å². The molecular formula is C13H9IO. The number of hydrogen-bond acceptors (Lipinski definition) is 1. The van der Waals surface area contributed by atoms with E-state index in [9.17, 15) is 0 Å². The van der Waals surface area contributed by atoms with Gasteiger partial charge in [0.05, 0.1) is 3.57 Å². The van der Waals surface area contributed by atoms with E-state index in [-0.39, 0.29) is 0 Å². The van der Waals surface area contributed by atoms with Crippen molar-refractivity contribution in [3.8, 4) is 0 Å². The van der Waals surface area contributed by atoms with Crippen LogP contribution in [0.4, 0.5) is 0 Å². The van der Waals surface area contributed by atoms with E-state index in [0.717, 1.165) is 11.2 Å². The van der Waals surface area contributed by atoms with Crippen LogP contribution in [0.3, 0.4) is 0 Å². The molecule has 2 heteroatoms. The maximum atomic E-state index is 5.91. The Morgan fingerprint density at radius 3 is 2.40 bits per heavy atom. The van der Waals surface area contributed by atoms with E-state index in [1.165, 1.54) is 19.9 Å². The molecule has 0 aliphatic carbocycles. The van der Waals surface area contributed by atoms with Gasteiger partial charge in [-0.25, -0.2) is 0 Å². The van der Waals surface area contributed by atoms with E-state index >= 15 is 0 Å². The molecule has 0 bridgehead atoms. The number of furan rings is 1. The number of para-hydroxylation sites is 2. The molecule has 0 spiro atoms. The molecule has 0 N–H and O–H groups in total. The summed E-state index contributed by atoms with van der Waals surface area (Å²) in [5.41, 5.74) is 3.21. The summed E-state index contributed by atoms with van der Waals surface area (Å²) in [6.45, 7) is 2.08. The first-order valence-electron chi connectivity index (χ1n) is 4.84. The zero-order valence-electron chi connectivity index (χ0n) is 8.25. The van der Waals surface area contributed by atoms with E-state index in [1.807, 2.05) is 0 Å². The number of fused-ring (bicyclic) bond motifs is 3. The Kier molecular flexibility index (Phi) is 1.99. The van der Waals surface area contributed by atoms with Gasteiger partial charge in [-0.3, -0.25) is 0 Å². The normalized spacial score (nSPS) is 11.3. The van der Waals surface area contributed by atoms with Crippen molar-refractivity contribution in [2.24, 2.45) is 0 Å². The van der Waals surface area contributed by atoms with Crippen LogP contribution in [0.1, 0.15) is 5.56 Å². The predicted octanol–water partition coefficient (Wildman–Crippen LogP) is 4.50. The standard InChI is InChI=1S/C13H9IO/c1-8-4-2-5-9-10-6-3-7-11(14)13(10)15-12(8)9/h2-7H,1H3. The molecule has 0 amide bonds. The van der Waals surface area contributed by atoms with Crippen molar-refractivity contribution >= 4 is 44.5 Å². The fourth-order valence-corrected chi connectivity index (χ4v) is 2.54. The number of benzene rings is 2. The zero-order chi connectivity index (χ0) is 10.4. The third kappa shape index (κ3) is 1.28. The summed E-state index contributed by atoms with van der Waals surface area (Å²) in [4.78, 5) is 0. The minimum atomic E-state index is 1.00. The minimum Gasteiger partial charge on any atom is -0.455 e.